The van der Waals surface area contributed by atoms with Gasteiger partial charge in [-0.1, -0.05) is 41.0 Å². The van der Waals surface area contributed by atoms with Gasteiger partial charge < -0.3 is 10.8 Å². The monoisotopic (exact) mass is 295 g/mol. The van der Waals surface area contributed by atoms with E-state index in [9.17, 15) is 5.11 Å². The van der Waals surface area contributed by atoms with Crippen molar-refractivity contribution in [1.82, 2.24) is 0 Å². The lowest BCUT2D eigenvalue weighted by atomic mass is 9.49. The van der Waals surface area contributed by atoms with Gasteiger partial charge in [-0.25, -0.2) is 0 Å². The van der Waals surface area contributed by atoms with Gasteiger partial charge >= 0.3 is 0 Å². The lowest BCUT2D eigenvalue weighted by molar-refractivity contribution is -0.176. The quantitative estimate of drug-likeness (QED) is 0.805. The second kappa shape index (κ2) is 5.53. The highest BCUT2D eigenvalue weighted by Gasteiger charge is 2.57. The molecular weight excluding hydrogens is 258 g/mol. The Morgan fingerprint density at radius 2 is 1.43 bits per heavy atom. The van der Waals surface area contributed by atoms with Crippen LogP contribution in [0, 0.1) is 22.2 Å². The van der Waals surface area contributed by atoms with E-state index in [1.54, 1.807) is 0 Å². The average molecular weight is 296 g/mol. The van der Waals surface area contributed by atoms with Crippen molar-refractivity contribution in [3.8, 4) is 0 Å². The van der Waals surface area contributed by atoms with Crippen LogP contribution >= 0.6 is 0 Å². The van der Waals surface area contributed by atoms with E-state index in [1.807, 2.05) is 0 Å². The molecule has 2 saturated carbocycles. The van der Waals surface area contributed by atoms with Crippen LogP contribution in [-0.2, 0) is 0 Å². The van der Waals surface area contributed by atoms with Gasteiger partial charge in [-0.3, -0.25) is 0 Å². The van der Waals surface area contributed by atoms with Crippen molar-refractivity contribution in [3.63, 3.8) is 0 Å². The number of rotatable bonds is 3. The molecule has 0 heterocycles. The fraction of sp³-hybridized carbons (Fsp3) is 1.00. The zero-order valence-corrected chi connectivity index (χ0v) is 15.0. The Balaban J connectivity index is 2.27. The van der Waals surface area contributed by atoms with E-state index in [1.165, 1.54) is 25.7 Å². The van der Waals surface area contributed by atoms with Crippen LogP contribution in [0.3, 0.4) is 0 Å². The molecule has 3 N–H and O–H groups in total. The van der Waals surface area contributed by atoms with Gasteiger partial charge in [0.15, 0.2) is 0 Å². The van der Waals surface area contributed by atoms with Crippen molar-refractivity contribution >= 4 is 0 Å². The summed E-state index contributed by atoms with van der Waals surface area (Å²) in [5.41, 5.74) is 6.05. The third-order valence-corrected chi connectivity index (χ3v) is 6.52. The van der Waals surface area contributed by atoms with E-state index >= 15 is 0 Å². The summed E-state index contributed by atoms with van der Waals surface area (Å²) in [4.78, 5) is 0. The second-order valence-corrected chi connectivity index (χ2v) is 9.73. The minimum atomic E-state index is -0.578. The first kappa shape index (κ1) is 17.3. The predicted octanol–water partition coefficient (Wildman–Crippen LogP) is 4.50. The Labute approximate surface area is 131 Å². The van der Waals surface area contributed by atoms with Crippen molar-refractivity contribution in [2.45, 2.75) is 91.6 Å². The van der Waals surface area contributed by atoms with E-state index in [0.717, 1.165) is 31.6 Å². The minimum Gasteiger partial charge on any atom is -0.389 e. The van der Waals surface area contributed by atoms with Gasteiger partial charge in [0.05, 0.1) is 5.60 Å². The molecule has 2 heteroatoms. The Morgan fingerprint density at radius 1 is 0.952 bits per heavy atom. The largest absolute Gasteiger partial charge is 0.389 e. The van der Waals surface area contributed by atoms with Crippen LogP contribution in [0.1, 0.15) is 86.0 Å². The summed E-state index contributed by atoms with van der Waals surface area (Å²) in [5.74, 6) is 0.845. The molecule has 0 radical (unpaired) electrons. The highest BCUT2D eigenvalue weighted by atomic mass is 16.3. The Morgan fingerprint density at radius 3 is 1.81 bits per heavy atom. The molecule has 21 heavy (non-hydrogen) atoms. The van der Waals surface area contributed by atoms with Crippen LogP contribution in [0.2, 0.25) is 0 Å². The number of aliphatic hydroxyl groups is 1. The van der Waals surface area contributed by atoms with Gasteiger partial charge in [-0.05, 0) is 61.7 Å². The summed E-state index contributed by atoms with van der Waals surface area (Å²) in [6.07, 6.45) is 9.02. The summed E-state index contributed by atoms with van der Waals surface area (Å²) in [6.45, 7) is 12.2. The van der Waals surface area contributed by atoms with Crippen molar-refractivity contribution in [3.05, 3.63) is 0 Å². The zero-order chi connectivity index (χ0) is 15.9. The molecule has 0 amide bonds. The van der Waals surface area contributed by atoms with Crippen LogP contribution in [0.4, 0.5) is 0 Å². The molecule has 0 aromatic heterocycles. The Bertz CT molecular complexity index is 348. The molecule has 124 valence electrons. The Kier molecular flexibility index (Phi) is 4.55. The van der Waals surface area contributed by atoms with E-state index in [0.29, 0.717) is 6.54 Å². The van der Waals surface area contributed by atoms with Crippen molar-refractivity contribution in [2.75, 3.05) is 6.54 Å². The molecular formula is C19H37NO. The third kappa shape index (κ3) is 3.32. The average Bonchev–Trinajstić information content (AvgIpc) is 2.34. The normalized spacial score (nSPS) is 38.1. The SMILES string of the molecule is CCC1CCC(CN)(C2(O)CC(C)(C)CC(C)(C)C2)CC1. The molecule has 2 aliphatic rings. The topological polar surface area (TPSA) is 46.2 Å². The standard InChI is InChI=1S/C19H37NO/c1-6-15-7-9-18(14-20,10-8-15)19(21)12-16(2,3)11-17(4,5)13-19/h15,21H,6-14,20H2,1-5H3. The second-order valence-electron chi connectivity index (χ2n) is 9.73. The molecule has 0 aromatic rings. The van der Waals surface area contributed by atoms with Gasteiger partial charge in [0.1, 0.15) is 0 Å². The van der Waals surface area contributed by atoms with E-state index in [2.05, 4.69) is 34.6 Å². The first-order valence-corrected chi connectivity index (χ1v) is 9.00. The van der Waals surface area contributed by atoms with Gasteiger partial charge in [-0.15, -0.1) is 0 Å². The van der Waals surface area contributed by atoms with Crippen LogP contribution in [0.25, 0.3) is 0 Å². The fourth-order valence-electron chi connectivity index (χ4n) is 5.94. The number of hydrogen-bond acceptors (Lipinski definition) is 2. The molecule has 0 atom stereocenters. The number of hydrogen-bond donors (Lipinski definition) is 2. The maximum Gasteiger partial charge on any atom is 0.0725 e. The van der Waals surface area contributed by atoms with Crippen LogP contribution in [0.5, 0.6) is 0 Å². The number of nitrogens with two attached hydrogens (primary N) is 1. The van der Waals surface area contributed by atoms with E-state index < -0.39 is 5.60 Å². The molecule has 0 spiro atoms. The van der Waals surface area contributed by atoms with Crippen molar-refractivity contribution < 1.29 is 5.11 Å². The molecule has 0 aromatic carbocycles. The molecule has 0 bridgehead atoms. The lowest BCUT2D eigenvalue weighted by Gasteiger charge is -2.59. The predicted molar refractivity (Wildman–Crippen MR) is 90.1 cm³/mol. The smallest absolute Gasteiger partial charge is 0.0725 e. The Hall–Kier alpha value is -0.0800. The highest BCUT2D eigenvalue weighted by molar-refractivity contribution is 5.09. The third-order valence-electron chi connectivity index (χ3n) is 6.52. The highest BCUT2D eigenvalue weighted by Crippen LogP contribution is 2.59. The van der Waals surface area contributed by atoms with Crippen LogP contribution < -0.4 is 5.73 Å². The van der Waals surface area contributed by atoms with E-state index in [-0.39, 0.29) is 16.2 Å². The molecule has 2 nitrogen and oxygen atoms in total. The van der Waals surface area contributed by atoms with Gasteiger partial charge in [0.2, 0.25) is 0 Å². The van der Waals surface area contributed by atoms with E-state index in [4.69, 9.17) is 5.73 Å². The lowest BCUT2D eigenvalue weighted by Crippen LogP contribution is -2.60. The summed E-state index contributed by atoms with van der Waals surface area (Å²) >= 11 is 0. The van der Waals surface area contributed by atoms with Crippen molar-refractivity contribution in [1.29, 1.82) is 0 Å². The maximum absolute atomic E-state index is 11.7. The van der Waals surface area contributed by atoms with Crippen LogP contribution in [0.15, 0.2) is 0 Å². The van der Waals surface area contributed by atoms with Gasteiger partial charge in [0, 0.05) is 12.0 Å². The summed E-state index contributed by atoms with van der Waals surface area (Å²) < 4.78 is 0. The van der Waals surface area contributed by atoms with Gasteiger partial charge in [0.25, 0.3) is 0 Å². The molecule has 2 fully saturated rings. The van der Waals surface area contributed by atoms with Crippen molar-refractivity contribution in [2.24, 2.45) is 27.9 Å². The molecule has 0 aliphatic heterocycles. The molecule has 2 aliphatic carbocycles. The molecule has 0 unspecified atom stereocenters. The summed E-state index contributed by atoms with van der Waals surface area (Å²) in [6, 6.07) is 0. The molecule has 2 rings (SSSR count). The summed E-state index contributed by atoms with van der Waals surface area (Å²) in [7, 11) is 0. The summed E-state index contributed by atoms with van der Waals surface area (Å²) in [5, 5.41) is 11.7. The first-order chi connectivity index (χ1) is 9.57. The molecule has 0 saturated heterocycles. The van der Waals surface area contributed by atoms with Gasteiger partial charge in [-0.2, -0.15) is 0 Å². The zero-order valence-electron chi connectivity index (χ0n) is 15.0. The minimum absolute atomic E-state index is 0.0480. The fourth-order valence-corrected chi connectivity index (χ4v) is 5.94. The first-order valence-electron chi connectivity index (χ1n) is 9.00. The van der Waals surface area contributed by atoms with Crippen LogP contribution in [-0.4, -0.2) is 17.3 Å². The maximum atomic E-state index is 11.7.